The Kier molecular flexibility index (Phi) is 6.20. The van der Waals surface area contributed by atoms with E-state index in [9.17, 15) is 0 Å². The zero-order valence-corrected chi connectivity index (χ0v) is 30.7. The lowest BCUT2D eigenvalue weighted by Gasteiger charge is -2.43. The fraction of sp³-hybridized carbons (Fsp3) is 0.0588. The van der Waals surface area contributed by atoms with E-state index in [0.717, 1.165) is 11.4 Å². The van der Waals surface area contributed by atoms with E-state index in [-0.39, 0.29) is 12.3 Å². The highest BCUT2D eigenvalue weighted by molar-refractivity contribution is 6.94. The van der Waals surface area contributed by atoms with Crippen molar-refractivity contribution in [1.82, 2.24) is 4.57 Å². The molecular weight excluding hydrogens is 665 g/mol. The second kappa shape index (κ2) is 11.1. The molecule has 0 fully saturated rings. The van der Waals surface area contributed by atoms with Crippen LogP contribution in [0, 0.1) is 0 Å². The first-order chi connectivity index (χ1) is 27.1. The highest BCUT2D eigenvalue weighted by atomic mass is 15.2. The van der Waals surface area contributed by atoms with Gasteiger partial charge in [-0.25, -0.2) is 0 Å². The molecule has 3 nitrogen and oxygen atoms in total. The Labute approximate surface area is 321 Å². The van der Waals surface area contributed by atoms with Gasteiger partial charge in [0, 0.05) is 55.8 Å². The zero-order valence-electron chi connectivity index (χ0n) is 30.7. The molecule has 0 atom stereocenters. The summed E-state index contributed by atoms with van der Waals surface area (Å²) in [6.45, 7) is 4.72. The van der Waals surface area contributed by atoms with E-state index < -0.39 is 0 Å². The van der Waals surface area contributed by atoms with Crippen LogP contribution in [-0.2, 0) is 5.41 Å². The van der Waals surface area contributed by atoms with Crippen LogP contribution in [0.5, 0.6) is 0 Å². The molecule has 0 spiro atoms. The smallest absolute Gasteiger partial charge is 0.333 e. The van der Waals surface area contributed by atoms with E-state index in [1.165, 1.54) is 88.9 Å². The van der Waals surface area contributed by atoms with Gasteiger partial charge in [-0.15, -0.1) is 0 Å². The van der Waals surface area contributed by atoms with Crippen LogP contribution in [0.3, 0.4) is 0 Å². The Morgan fingerprint density at radius 1 is 0.545 bits per heavy atom. The predicted molar refractivity (Wildman–Crippen MR) is 232 cm³/mol. The number of rotatable bonds is 4. The lowest BCUT2D eigenvalue weighted by Crippen LogP contribution is -2.60. The molecular formula is C51H36BN3. The molecule has 0 unspecified atom stereocenters. The van der Waals surface area contributed by atoms with Crippen LogP contribution in [0.15, 0.2) is 182 Å². The summed E-state index contributed by atoms with van der Waals surface area (Å²) in [7, 11) is 0. The van der Waals surface area contributed by atoms with Gasteiger partial charge in [0.2, 0.25) is 0 Å². The normalized spacial score (nSPS) is 14.1. The molecule has 0 amide bonds. The second-order valence-electron chi connectivity index (χ2n) is 15.7. The Morgan fingerprint density at radius 3 is 1.95 bits per heavy atom. The molecule has 0 bridgehead atoms. The molecule has 0 N–H and O–H groups in total. The molecule has 0 radical (unpaired) electrons. The maximum atomic E-state index is 2.68. The number of hydrogen-bond donors (Lipinski definition) is 0. The first-order valence-corrected chi connectivity index (χ1v) is 19.3. The fourth-order valence-corrected chi connectivity index (χ4v) is 10.3. The third kappa shape index (κ3) is 4.01. The first-order valence-electron chi connectivity index (χ1n) is 19.3. The Hall–Kier alpha value is -6.78. The van der Waals surface area contributed by atoms with Gasteiger partial charge in [-0.05, 0) is 87.8 Å². The number of hydrogen-bond acceptors (Lipinski definition) is 2. The third-order valence-electron chi connectivity index (χ3n) is 12.5. The van der Waals surface area contributed by atoms with Crippen molar-refractivity contribution in [3.63, 3.8) is 0 Å². The second-order valence-corrected chi connectivity index (χ2v) is 15.7. The average molecular weight is 702 g/mol. The number of benzene rings is 8. The quantitative estimate of drug-likeness (QED) is 0.169. The van der Waals surface area contributed by atoms with Gasteiger partial charge in [0.25, 0.3) is 0 Å². The number of nitrogens with zero attached hydrogens (tertiary/aromatic N) is 3. The molecule has 258 valence electrons. The molecule has 0 saturated carbocycles. The minimum absolute atomic E-state index is 0.0567. The van der Waals surface area contributed by atoms with Crippen LogP contribution >= 0.6 is 0 Å². The van der Waals surface area contributed by atoms with Crippen LogP contribution < -0.4 is 20.6 Å². The summed E-state index contributed by atoms with van der Waals surface area (Å²) in [6, 6.07) is 67.4. The molecule has 8 aromatic carbocycles. The van der Waals surface area contributed by atoms with Gasteiger partial charge in [-0.1, -0.05) is 141 Å². The molecule has 3 aliphatic rings. The lowest BCUT2D eigenvalue weighted by atomic mass is 9.43. The zero-order chi connectivity index (χ0) is 36.4. The number of aromatic nitrogens is 1. The van der Waals surface area contributed by atoms with Gasteiger partial charge in [-0.2, -0.15) is 0 Å². The SMILES string of the molecule is CC1(C)c2ccccc2-c2c1ccc1c2N(c2ccccc2)B2c3ccccc3-n3c4ccccc4c4c(N(c5ccccc5)c5ccccc5)cc-1c2c43. The highest BCUT2D eigenvalue weighted by Crippen LogP contribution is 2.58. The first kappa shape index (κ1) is 30.7. The maximum Gasteiger partial charge on any atom is 0.333 e. The van der Waals surface area contributed by atoms with Crippen molar-refractivity contribution < 1.29 is 0 Å². The van der Waals surface area contributed by atoms with Gasteiger partial charge in [0.1, 0.15) is 0 Å². The standard InChI is InChI=1S/C51H36BN3/c1-51(2)40-26-14-12-24-37(40)46-41(51)31-30-36-39-32-45(53(33-18-6-3-7-19-33)34-20-8-4-9-21-34)47-38-25-13-16-28-43(38)54-44-29-17-15-27-42(44)52(48(39)50(47)54)55(49(36)46)35-22-10-5-11-23-35/h3-32H,1-2H3. The summed E-state index contributed by atoms with van der Waals surface area (Å²) in [4.78, 5) is 5.15. The van der Waals surface area contributed by atoms with Crippen LogP contribution in [0.25, 0.3) is 49.7 Å². The Balaban J connectivity index is 1.31. The van der Waals surface area contributed by atoms with Gasteiger partial charge in [0.05, 0.1) is 16.7 Å². The summed E-state index contributed by atoms with van der Waals surface area (Å²) in [6.07, 6.45) is 0. The van der Waals surface area contributed by atoms with Crippen molar-refractivity contribution in [2.24, 2.45) is 0 Å². The number of fused-ring (bicyclic) bond motifs is 12. The monoisotopic (exact) mass is 701 g/mol. The maximum absolute atomic E-state index is 2.68. The molecule has 4 heteroatoms. The van der Waals surface area contributed by atoms with E-state index in [1.54, 1.807) is 0 Å². The molecule has 0 saturated heterocycles. The van der Waals surface area contributed by atoms with Crippen molar-refractivity contribution in [1.29, 1.82) is 0 Å². The summed E-state index contributed by atoms with van der Waals surface area (Å²) in [5.74, 6) is 0. The molecule has 55 heavy (non-hydrogen) atoms. The fourth-order valence-electron chi connectivity index (χ4n) is 10.3. The molecule has 1 aromatic heterocycles. The minimum Gasteiger partial charge on any atom is -0.376 e. The van der Waals surface area contributed by atoms with Crippen molar-refractivity contribution >= 4 is 68.0 Å². The van der Waals surface area contributed by atoms with Crippen molar-refractivity contribution in [2.75, 3.05) is 9.71 Å². The molecule has 2 aliphatic heterocycles. The average Bonchev–Trinajstić information content (AvgIpc) is 3.71. The van der Waals surface area contributed by atoms with Crippen LogP contribution in [0.1, 0.15) is 25.0 Å². The predicted octanol–water partition coefficient (Wildman–Crippen LogP) is 11.8. The summed E-state index contributed by atoms with van der Waals surface area (Å²) >= 11 is 0. The van der Waals surface area contributed by atoms with Crippen molar-refractivity contribution in [3.8, 4) is 27.9 Å². The van der Waals surface area contributed by atoms with Crippen LogP contribution in [0.4, 0.5) is 28.4 Å². The summed E-state index contributed by atoms with van der Waals surface area (Å²) < 4.78 is 2.56. The van der Waals surface area contributed by atoms with Crippen LogP contribution in [-0.4, -0.2) is 11.4 Å². The van der Waals surface area contributed by atoms with Gasteiger partial charge in [0.15, 0.2) is 0 Å². The summed E-state index contributed by atoms with van der Waals surface area (Å²) in [5, 5.41) is 2.52. The molecule has 12 rings (SSSR count). The molecule has 1 aliphatic carbocycles. The van der Waals surface area contributed by atoms with E-state index in [4.69, 9.17) is 0 Å². The van der Waals surface area contributed by atoms with Gasteiger partial charge >= 0.3 is 6.85 Å². The van der Waals surface area contributed by atoms with E-state index in [0.29, 0.717) is 0 Å². The Morgan fingerprint density at radius 2 is 1.18 bits per heavy atom. The number of para-hydroxylation sites is 5. The largest absolute Gasteiger partial charge is 0.376 e. The topological polar surface area (TPSA) is 11.4 Å². The molecule has 9 aromatic rings. The Bertz CT molecular complexity index is 2980. The highest BCUT2D eigenvalue weighted by Gasteiger charge is 2.48. The van der Waals surface area contributed by atoms with Gasteiger partial charge < -0.3 is 14.3 Å². The lowest BCUT2D eigenvalue weighted by molar-refractivity contribution is 0.660. The van der Waals surface area contributed by atoms with Gasteiger partial charge in [-0.3, -0.25) is 0 Å². The van der Waals surface area contributed by atoms with Crippen molar-refractivity contribution in [2.45, 2.75) is 19.3 Å². The molecule has 3 heterocycles. The van der Waals surface area contributed by atoms with E-state index >= 15 is 0 Å². The van der Waals surface area contributed by atoms with E-state index in [1.807, 2.05) is 0 Å². The van der Waals surface area contributed by atoms with Crippen molar-refractivity contribution in [3.05, 3.63) is 193 Å². The van der Waals surface area contributed by atoms with E-state index in [2.05, 4.69) is 210 Å². The number of anilines is 5. The minimum atomic E-state index is -0.132. The summed E-state index contributed by atoms with van der Waals surface area (Å²) in [5.41, 5.74) is 20.2. The van der Waals surface area contributed by atoms with Crippen LogP contribution in [0.2, 0.25) is 0 Å². The third-order valence-corrected chi connectivity index (χ3v) is 12.5.